The molecule has 2 atom stereocenters. The molecule has 0 saturated carbocycles. The molecule has 2 N–H and O–H groups in total. The van der Waals surface area contributed by atoms with Gasteiger partial charge < -0.3 is 15.2 Å². The van der Waals surface area contributed by atoms with E-state index in [2.05, 4.69) is 5.32 Å². The Balaban J connectivity index is 1.56. The number of hydrogen-bond donors (Lipinski definition) is 2. The van der Waals surface area contributed by atoms with Crippen molar-refractivity contribution in [2.24, 2.45) is 0 Å². The topological polar surface area (TPSA) is 41.5 Å². The average Bonchev–Trinajstić information content (AvgIpc) is 2.76. The van der Waals surface area contributed by atoms with Gasteiger partial charge in [-0.05, 0) is 53.9 Å². The Hall–Kier alpha value is -2.54. The minimum Gasteiger partial charge on any atom is -0.491 e. The lowest BCUT2D eigenvalue weighted by atomic mass is 9.97. The van der Waals surface area contributed by atoms with Gasteiger partial charge in [0, 0.05) is 17.6 Å². The molecule has 3 aromatic rings. The van der Waals surface area contributed by atoms with E-state index in [4.69, 9.17) is 16.3 Å². The number of rotatable bonds is 8. The SMILES string of the molecule is CC(NCC(O)COc1ccc(Cl)cc1)c1ccc(-c2ccccc2C(F)(F)F)cc1. The van der Waals surface area contributed by atoms with E-state index in [1.807, 2.05) is 6.92 Å². The molecule has 0 spiro atoms. The van der Waals surface area contributed by atoms with Crippen LogP contribution in [0.2, 0.25) is 5.02 Å². The van der Waals surface area contributed by atoms with E-state index >= 15 is 0 Å². The first-order valence-electron chi connectivity index (χ1n) is 9.80. The number of aliphatic hydroxyl groups is 1. The highest BCUT2D eigenvalue weighted by Crippen LogP contribution is 2.37. The van der Waals surface area contributed by atoms with Crippen LogP contribution in [0.1, 0.15) is 24.1 Å². The largest absolute Gasteiger partial charge is 0.491 e. The van der Waals surface area contributed by atoms with Gasteiger partial charge in [-0.15, -0.1) is 0 Å². The Morgan fingerprint density at radius 3 is 2.26 bits per heavy atom. The molecule has 0 bridgehead atoms. The van der Waals surface area contributed by atoms with Gasteiger partial charge in [0.1, 0.15) is 18.5 Å². The van der Waals surface area contributed by atoms with Gasteiger partial charge in [-0.3, -0.25) is 0 Å². The van der Waals surface area contributed by atoms with Gasteiger partial charge >= 0.3 is 6.18 Å². The molecule has 0 fully saturated rings. The Kier molecular flexibility index (Phi) is 7.59. The molecule has 0 heterocycles. The Morgan fingerprint density at radius 2 is 1.61 bits per heavy atom. The van der Waals surface area contributed by atoms with Crippen LogP contribution in [0.5, 0.6) is 5.75 Å². The maximum Gasteiger partial charge on any atom is 0.417 e. The van der Waals surface area contributed by atoms with E-state index in [1.165, 1.54) is 12.1 Å². The quantitative estimate of drug-likeness (QED) is 0.435. The van der Waals surface area contributed by atoms with Gasteiger partial charge in [0.25, 0.3) is 0 Å². The van der Waals surface area contributed by atoms with Crippen molar-refractivity contribution >= 4 is 11.6 Å². The first-order chi connectivity index (χ1) is 14.7. The van der Waals surface area contributed by atoms with Crippen molar-refractivity contribution < 1.29 is 23.0 Å². The van der Waals surface area contributed by atoms with Crippen LogP contribution < -0.4 is 10.1 Å². The second-order valence-corrected chi connectivity index (χ2v) is 7.65. The van der Waals surface area contributed by atoms with Crippen LogP contribution >= 0.6 is 11.6 Å². The molecule has 164 valence electrons. The number of alkyl halides is 3. The second-order valence-electron chi connectivity index (χ2n) is 7.21. The zero-order chi connectivity index (χ0) is 22.4. The van der Waals surface area contributed by atoms with E-state index in [0.717, 1.165) is 11.6 Å². The summed E-state index contributed by atoms with van der Waals surface area (Å²) in [7, 11) is 0. The van der Waals surface area contributed by atoms with E-state index < -0.39 is 17.8 Å². The summed E-state index contributed by atoms with van der Waals surface area (Å²) in [6.45, 7) is 2.34. The predicted octanol–water partition coefficient (Wildman–Crippen LogP) is 6.12. The van der Waals surface area contributed by atoms with Crippen molar-refractivity contribution in [2.75, 3.05) is 13.2 Å². The predicted molar refractivity (Wildman–Crippen MR) is 116 cm³/mol. The van der Waals surface area contributed by atoms with Crippen molar-refractivity contribution in [2.45, 2.75) is 25.2 Å². The third kappa shape index (κ3) is 6.47. The summed E-state index contributed by atoms with van der Waals surface area (Å²) in [5, 5.41) is 14.0. The first kappa shape index (κ1) is 23.1. The standard InChI is InChI=1S/C24H23ClF3NO2/c1-16(29-14-20(30)15-31-21-12-10-19(25)11-13-21)17-6-8-18(9-7-17)22-4-2-3-5-23(22)24(26,27)28/h2-13,16,20,29-30H,14-15H2,1H3. The fourth-order valence-electron chi connectivity index (χ4n) is 3.15. The molecule has 3 aromatic carbocycles. The molecule has 2 unspecified atom stereocenters. The molecular formula is C24H23ClF3NO2. The molecule has 31 heavy (non-hydrogen) atoms. The number of halogens is 4. The normalized spacial score (nSPS) is 13.6. The van der Waals surface area contributed by atoms with E-state index in [-0.39, 0.29) is 18.2 Å². The van der Waals surface area contributed by atoms with Crippen LogP contribution in [0.4, 0.5) is 13.2 Å². The lowest BCUT2D eigenvalue weighted by Gasteiger charge is -2.19. The number of hydrogen-bond acceptors (Lipinski definition) is 3. The van der Waals surface area contributed by atoms with Crippen molar-refractivity contribution in [3.05, 3.63) is 88.9 Å². The zero-order valence-electron chi connectivity index (χ0n) is 16.9. The van der Waals surface area contributed by atoms with E-state index in [1.54, 1.807) is 54.6 Å². The summed E-state index contributed by atoms with van der Waals surface area (Å²) in [5.41, 5.74) is 0.897. The van der Waals surface area contributed by atoms with E-state index in [0.29, 0.717) is 22.9 Å². The fourth-order valence-corrected chi connectivity index (χ4v) is 3.27. The van der Waals surface area contributed by atoms with Crippen molar-refractivity contribution in [3.8, 4) is 16.9 Å². The van der Waals surface area contributed by atoms with Crippen LogP contribution in [0.25, 0.3) is 11.1 Å². The van der Waals surface area contributed by atoms with Gasteiger partial charge in [0.2, 0.25) is 0 Å². The summed E-state index contributed by atoms with van der Waals surface area (Å²) < 4.78 is 45.3. The minimum atomic E-state index is -4.41. The summed E-state index contributed by atoms with van der Waals surface area (Å²) in [5.74, 6) is 0.617. The van der Waals surface area contributed by atoms with Crippen LogP contribution in [0.3, 0.4) is 0 Å². The highest BCUT2D eigenvalue weighted by Gasteiger charge is 2.33. The molecule has 0 saturated heterocycles. The Morgan fingerprint density at radius 1 is 0.968 bits per heavy atom. The average molecular weight is 450 g/mol. The highest BCUT2D eigenvalue weighted by atomic mass is 35.5. The van der Waals surface area contributed by atoms with Crippen molar-refractivity contribution in [3.63, 3.8) is 0 Å². The van der Waals surface area contributed by atoms with Crippen molar-refractivity contribution in [1.82, 2.24) is 5.32 Å². The fraction of sp³-hybridized carbons (Fsp3) is 0.250. The molecule has 0 aliphatic rings. The molecule has 0 aromatic heterocycles. The van der Waals surface area contributed by atoms with E-state index in [9.17, 15) is 18.3 Å². The van der Waals surface area contributed by atoms with Crippen LogP contribution in [-0.4, -0.2) is 24.4 Å². The Bertz CT molecular complexity index is 975. The van der Waals surface area contributed by atoms with Gasteiger partial charge in [-0.25, -0.2) is 0 Å². The zero-order valence-corrected chi connectivity index (χ0v) is 17.6. The smallest absolute Gasteiger partial charge is 0.417 e. The highest BCUT2D eigenvalue weighted by molar-refractivity contribution is 6.30. The number of aliphatic hydroxyl groups excluding tert-OH is 1. The third-order valence-electron chi connectivity index (χ3n) is 4.87. The second kappa shape index (κ2) is 10.2. The van der Waals surface area contributed by atoms with Crippen LogP contribution in [-0.2, 0) is 6.18 Å². The lowest BCUT2D eigenvalue weighted by Crippen LogP contribution is -2.33. The molecule has 7 heteroatoms. The monoisotopic (exact) mass is 449 g/mol. The summed E-state index contributed by atoms with van der Waals surface area (Å²) in [6.07, 6.45) is -5.13. The molecule has 0 aliphatic heterocycles. The lowest BCUT2D eigenvalue weighted by molar-refractivity contribution is -0.137. The van der Waals surface area contributed by atoms with Crippen molar-refractivity contribution in [1.29, 1.82) is 0 Å². The van der Waals surface area contributed by atoms with Gasteiger partial charge in [0.05, 0.1) is 5.56 Å². The Labute approximate surface area is 184 Å². The number of benzene rings is 3. The van der Waals surface area contributed by atoms with Crippen LogP contribution in [0, 0.1) is 0 Å². The third-order valence-corrected chi connectivity index (χ3v) is 5.12. The number of ether oxygens (including phenoxy) is 1. The minimum absolute atomic E-state index is 0.0999. The molecule has 0 radical (unpaired) electrons. The summed E-state index contributed by atoms with van der Waals surface area (Å²) in [6, 6.07) is 19.2. The first-order valence-corrected chi connectivity index (χ1v) is 10.2. The summed E-state index contributed by atoms with van der Waals surface area (Å²) in [4.78, 5) is 0. The maximum absolute atomic E-state index is 13.3. The van der Waals surface area contributed by atoms with Gasteiger partial charge in [-0.2, -0.15) is 13.2 Å². The van der Waals surface area contributed by atoms with Crippen LogP contribution in [0.15, 0.2) is 72.8 Å². The molecule has 0 amide bonds. The van der Waals surface area contributed by atoms with Gasteiger partial charge in [0.15, 0.2) is 0 Å². The molecule has 0 aliphatic carbocycles. The molecule has 3 rings (SSSR count). The molecular weight excluding hydrogens is 427 g/mol. The maximum atomic E-state index is 13.3. The number of nitrogens with one attached hydrogen (secondary N) is 1. The van der Waals surface area contributed by atoms with Gasteiger partial charge in [-0.1, -0.05) is 54.1 Å². The summed E-state index contributed by atoms with van der Waals surface area (Å²) >= 11 is 5.82. The molecule has 3 nitrogen and oxygen atoms in total.